The molecule has 0 radical (unpaired) electrons. The Balaban J connectivity index is 2.88. The first-order valence-corrected chi connectivity index (χ1v) is 8.93. The number of carbonyl (C=O) groups excluding carboxylic acids is 1. The van der Waals surface area contributed by atoms with E-state index in [0.717, 1.165) is 18.7 Å². The third-order valence-corrected chi connectivity index (χ3v) is 4.17. The molecule has 0 aliphatic carbocycles. The van der Waals surface area contributed by atoms with E-state index in [1.54, 1.807) is 4.90 Å². The molecule has 1 aromatic carbocycles. The first-order chi connectivity index (χ1) is 11.4. The molecule has 0 saturated carbocycles. The van der Waals surface area contributed by atoms with Crippen molar-refractivity contribution < 1.29 is 4.79 Å². The molecule has 0 atom stereocenters. The Hall–Kier alpha value is -2.02. The van der Waals surface area contributed by atoms with Gasteiger partial charge in [0.05, 0.1) is 12.5 Å². The molecule has 1 amide bonds. The maximum absolute atomic E-state index is 12.8. The number of nitriles is 1. The molecule has 0 heterocycles. The van der Waals surface area contributed by atoms with E-state index in [4.69, 9.17) is 5.26 Å². The molecular formula is C20H31N3O. The minimum Gasteiger partial charge on any atom is -0.369 e. The Kier molecular flexibility index (Phi) is 8.32. The summed E-state index contributed by atoms with van der Waals surface area (Å²) >= 11 is 0. The molecule has 0 aromatic heterocycles. The van der Waals surface area contributed by atoms with Gasteiger partial charge in [-0.15, -0.1) is 0 Å². The van der Waals surface area contributed by atoms with Crippen LogP contribution in [-0.2, 0) is 0 Å². The lowest BCUT2D eigenvalue weighted by Crippen LogP contribution is -2.33. The minimum absolute atomic E-state index is 0.0186. The molecule has 0 aliphatic heterocycles. The Morgan fingerprint density at radius 1 is 1.12 bits per heavy atom. The van der Waals surface area contributed by atoms with Crippen LogP contribution in [0.15, 0.2) is 24.3 Å². The van der Waals surface area contributed by atoms with Crippen LogP contribution >= 0.6 is 0 Å². The molecule has 1 aromatic rings. The summed E-state index contributed by atoms with van der Waals surface area (Å²) in [6.07, 6.45) is 1.32. The predicted octanol–water partition coefficient (Wildman–Crippen LogP) is 4.32. The van der Waals surface area contributed by atoms with Crippen molar-refractivity contribution in [1.82, 2.24) is 4.90 Å². The fourth-order valence-electron chi connectivity index (χ4n) is 2.74. The third-order valence-electron chi connectivity index (χ3n) is 4.17. The number of benzene rings is 1. The molecule has 0 bridgehead atoms. The normalized spacial score (nSPS) is 10.8. The Labute approximate surface area is 147 Å². The average molecular weight is 329 g/mol. The van der Waals surface area contributed by atoms with Gasteiger partial charge in [-0.1, -0.05) is 13.8 Å². The van der Waals surface area contributed by atoms with Crippen molar-refractivity contribution in [2.45, 2.75) is 53.5 Å². The van der Waals surface area contributed by atoms with E-state index in [1.165, 1.54) is 0 Å². The van der Waals surface area contributed by atoms with Crippen molar-refractivity contribution in [3.05, 3.63) is 29.8 Å². The van der Waals surface area contributed by atoms with Crippen molar-refractivity contribution in [1.29, 1.82) is 5.26 Å². The van der Waals surface area contributed by atoms with Gasteiger partial charge in [-0.05, 0) is 57.4 Å². The first-order valence-electron chi connectivity index (χ1n) is 8.93. The number of nitrogens with zero attached hydrogens (tertiary/aromatic N) is 3. The van der Waals surface area contributed by atoms with Gasteiger partial charge >= 0.3 is 0 Å². The van der Waals surface area contributed by atoms with Crippen molar-refractivity contribution >= 4 is 11.6 Å². The zero-order valence-electron chi connectivity index (χ0n) is 15.7. The van der Waals surface area contributed by atoms with Crippen LogP contribution < -0.4 is 4.90 Å². The quantitative estimate of drug-likeness (QED) is 0.678. The van der Waals surface area contributed by atoms with Gasteiger partial charge in [0.15, 0.2) is 0 Å². The van der Waals surface area contributed by atoms with Crippen LogP contribution in [0, 0.1) is 17.2 Å². The summed E-state index contributed by atoms with van der Waals surface area (Å²) < 4.78 is 0. The van der Waals surface area contributed by atoms with E-state index >= 15 is 0 Å². The maximum atomic E-state index is 12.8. The van der Waals surface area contributed by atoms with Crippen molar-refractivity contribution in [3.8, 4) is 6.07 Å². The van der Waals surface area contributed by atoms with Crippen LogP contribution in [0.25, 0.3) is 0 Å². The molecule has 0 unspecified atom stereocenters. The van der Waals surface area contributed by atoms with Crippen LogP contribution in [0.1, 0.15) is 57.8 Å². The highest BCUT2D eigenvalue weighted by molar-refractivity contribution is 5.94. The summed E-state index contributed by atoms with van der Waals surface area (Å²) in [5, 5.41) is 8.83. The van der Waals surface area contributed by atoms with Crippen molar-refractivity contribution in [2.75, 3.05) is 24.5 Å². The summed E-state index contributed by atoms with van der Waals surface area (Å²) in [5.41, 5.74) is 1.83. The van der Waals surface area contributed by atoms with E-state index in [0.29, 0.717) is 37.0 Å². The average Bonchev–Trinajstić information content (AvgIpc) is 2.55. The largest absolute Gasteiger partial charge is 0.369 e. The van der Waals surface area contributed by atoms with Gasteiger partial charge in [-0.2, -0.15) is 5.26 Å². The highest BCUT2D eigenvalue weighted by Crippen LogP contribution is 2.19. The molecule has 0 aliphatic rings. The molecule has 4 heteroatoms. The van der Waals surface area contributed by atoms with Gasteiger partial charge in [-0.3, -0.25) is 4.79 Å². The van der Waals surface area contributed by atoms with Crippen LogP contribution in [0.3, 0.4) is 0 Å². The second kappa shape index (κ2) is 9.97. The van der Waals surface area contributed by atoms with Gasteiger partial charge < -0.3 is 9.80 Å². The lowest BCUT2D eigenvalue weighted by atomic mass is 10.1. The number of hydrogen-bond donors (Lipinski definition) is 0. The topological polar surface area (TPSA) is 47.3 Å². The maximum Gasteiger partial charge on any atom is 0.253 e. The van der Waals surface area contributed by atoms with Crippen LogP contribution in [0.4, 0.5) is 5.69 Å². The number of amides is 1. The minimum atomic E-state index is 0.0186. The van der Waals surface area contributed by atoms with E-state index in [9.17, 15) is 4.79 Å². The zero-order valence-corrected chi connectivity index (χ0v) is 15.7. The molecule has 1 rings (SSSR count). The van der Waals surface area contributed by atoms with E-state index in [1.807, 2.05) is 24.3 Å². The van der Waals surface area contributed by atoms with Crippen molar-refractivity contribution in [2.24, 2.45) is 5.92 Å². The Morgan fingerprint density at radius 2 is 1.75 bits per heavy atom. The molecule has 0 N–H and O–H groups in total. The molecule has 24 heavy (non-hydrogen) atoms. The highest BCUT2D eigenvalue weighted by Gasteiger charge is 2.16. The van der Waals surface area contributed by atoms with Gasteiger partial charge in [0.1, 0.15) is 0 Å². The summed E-state index contributed by atoms with van der Waals surface area (Å²) in [6, 6.07) is 10.4. The lowest BCUT2D eigenvalue weighted by molar-refractivity contribution is 0.0752. The number of rotatable bonds is 9. The molecule has 0 fully saturated rings. The summed E-state index contributed by atoms with van der Waals surface area (Å²) in [6.45, 7) is 12.9. The van der Waals surface area contributed by atoms with E-state index < -0.39 is 0 Å². The fourth-order valence-corrected chi connectivity index (χ4v) is 2.74. The fraction of sp³-hybridized carbons (Fsp3) is 0.600. The summed E-state index contributed by atoms with van der Waals surface area (Å²) in [7, 11) is 0. The molecule has 132 valence electrons. The predicted molar refractivity (Wildman–Crippen MR) is 100 cm³/mol. The van der Waals surface area contributed by atoms with Crippen LogP contribution in [0.2, 0.25) is 0 Å². The second-order valence-electron chi connectivity index (χ2n) is 6.81. The third kappa shape index (κ3) is 5.88. The zero-order chi connectivity index (χ0) is 18.1. The monoisotopic (exact) mass is 329 g/mol. The Morgan fingerprint density at radius 3 is 2.21 bits per heavy atom. The van der Waals surface area contributed by atoms with E-state index in [2.05, 4.69) is 45.6 Å². The van der Waals surface area contributed by atoms with Gasteiger partial charge in [0.25, 0.3) is 5.91 Å². The van der Waals surface area contributed by atoms with Crippen molar-refractivity contribution in [3.63, 3.8) is 0 Å². The smallest absolute Gasteiger partial charge is 0.253 e. The molecule has 0 spiro atoms. The SMILES string of the molecule is CCN(c1ccc(C(=O)N(CCC#N)CCC(C)C)cc1)C(C)C. The second-order valence-corrected chi connectivity index (χ2v) is 6.81. The molecule has 0 saturated heterocycles. The first kappa shape index (κ1) is 20.0. The lowest BCUT2D eigenvalue weighted by Gasteiger charge is -2.28. The highest BCUT2D eigenvalue weighted by atomic mass is 16.2. The number of carbonyl (C=O) groups is 1. The van der Waals surface area contributed by atoms with Gasteiger partial charge in [-0.25, -0.2) is 0 Å². The Bertz CT molecular complexity index is 543. The number of anilines is 1. The standard InChI is InChI=1S/C20H31N3O/c1-6-23(17(4)5)19-10-8-18(9-11-19)20(24)22(14-7-13-21)15-12-16(2)3/h8-11,16-17H,6-7,12,14-15H2,1-5H3. The van der Waals surface area contributed by atoms with Gasteiger partial charge in [0, 0.05) is 36.9 Å². The van der Waals surface area contributed by atoms with Crippen LogP contribution in [-0.4, -0.2) is 36.5 Å². The van der Waals surface area contributed by atoms with Crippen LogP contribution in [0.5, 0.6) is 0 Å². The molecular weight excluding hydrogens is 298 g/mol. The van der Waals surface area contributed by atoms with Gasteiger partial charge in [0.2, 0.25) is 0 Å². The summed E-state index contributed by atoms with van der Waals surface area (Å²) in [5.74, 6) is 0.555. The molecule has 4 nitrogen and oxygen atoms in total. The van der Waals surface area contributed by atoms with E-state index in [-0.39, 0.29) is 5.91 Å². The number of hydrogen-bond acceptors (Lipinski definition) is 3. The summed E-state index contributed by atoms with van der Waals surface area (Å²) in [4.78, 5) is 16.8.